The molecule has 0 aromatic carbocycles. The Balaban J connectivity index is 3.88. The maximum absolute atomic E-state index is 9.67. The van der Waals surface area contributed by atoms with E-state index >= 15 is 0 Å². The quantitative estimate of drug-likeness (QED) is 0.310. The second-order valence-electron chi connectivity index (χ2n) is 5.49. The zero-order chi connectivity index (χ0) is 15.0. The summed E-state index contributed by atoms with van der Waals surface area (Å²) in [6.45, 7) is 3.10. The van der Waals surface area contributed by atoms with Gasteiger partial charge < -0.3 is 30.6 Å². The zero-order valence-corrected chi connectivity index (χ0v) is 11.7. The van der Waals surface area contributed by atoms with Gasteiger partial charge in [-0.05, 0) is 46.0 Å². The van der Waals surface area contributed by atoms with Crippen LogP contribution in [0, 0.1) is 0 Å². The number of aliphatic hydroxyl groups excluding tert-OH is 6. The van der Waals surface area contributed by atoms with Crippen LogP contribution in [0.2, 0.25) is 0 Å². The van der Waals surface area contributed by atoms with Gasteiger partial charge in [-0.1, -0.05) is 0 Å². The molecule has 6 heteroatoms. The lowest BCUT2D eigenvalue weighted by molar-refractivity contribution is 0.00199. The van der Waals surface area contributed by atoms with Gasteiger partial charge in [-0.3, -0.25) is 0 Å². The van der Waals surface area contributed by atoms with Gasteiger partial charge in [0, 0.05) is 0 Å². The Morgan fingerprint density at radius 2 is 0.684 bits per heavy atom. The Hall–Kier alpha value is -0.240. The number of hydrogen-bond donors (Lipinski definition) is 6. The van der Waals surface area contributed by atoms with E-state index in [2.05, 4.69) is 0 Å². The molecule has 0 aliphatic rings. The minimum absolute atomic E-state index is 0.0493. The molecule has 6 unspecified atom stereocenters. The molecule has 0 saturated heterocycles. The van der Waals surface area contributed by atoms with E-state index in [9.17, 15) is 20.4 Å². The molecule has 0 fully saturated rings. The third kappa shape index (κ3) is 11.3. The Morgan fingerprint density at radius 1 is 0.474 bits per heavy atom. The Kier molecular flexibility index (Phi) is 9.51. The van der Waals surface area contributed by atoms with Crippen molar-refractivity contribution in [3.05, 3.63) is 0 Å². The molecule has 0 saturated carbocycles. The summed E-state index contributed by atoms with van der Waals surface area (Å²) in [5.74, 6) is 0. The summed E-state index contributed by atoms with van der Waals surface area (Å²) >= 11 is 0. The van der Waals surface area contributed by atoms with Gasteiger partial charge >= 0.3 is 0 Å². The van der Waals surface area contributed by atoms with Crippen molar-refractivity contribution in [1.82, 2.24) is 0 Å². The summed E-state index contributed by atoms with van der Waals surface area (Å²) in [6, 6.07) is 0. The van der Waals surface area contributed by atoms with Crippen LogP contribution in [0.5, 0.6) is 0 Å². The van der Waals surface area contributed by atoms with Crippen molar-refractivity contribution in [2.24, 2.45) is 0 Å². The first kappa shape index (κ1) is 18.8. The number of rotatable bonds is 10. The van der Waals surface area contributed by atoms with E-state index in [1.165, 1.54) is 0 Å². The molecule has 0 aromatic heterocycles. The minimum Gasteiger partial charge on any atom is -0.393 e. The lowest BCUT2D eigenvalue weighted by Gasteiger charge is -2.21. The van der Waals surface area contributed by atoms with Gasteiger partial charge in [0.15, 0.2) is 0 Å². The van der Waals surface area contributed by atoms with E-state index in [1.54, 1.807) is 13.8 Å². The Bertz CT molecular complexity index is 199. The first-order chi connectivity index (χ1) is 8.70. The SMILES string of the molecule is CC(O)CC(O)CC(O)CC(O)CC(O)CC(C)O. The third-order valence-corrected chi connectivity index (χ3v) is 2.86. The Labute approximate surface area is 114 Å². The van der Waals surface area contributed by atoms with E-state index in [0.29, 0.717) is 0 Å². The Morgan fingerprint density at radius 3 is 0.895 bits per heavy atom. The molecule has 0 aromatic rings. The van der Waals surface area contributed by atoms with Gasteiger partial charge in [0.25, 0.3) is 0 Å². The van der Waals surface area contributed by atoms with Crippen molar-refractivity contribution in [3.63, 3.8) is 0 Å². The topological polar surface area (TPSA) is 121 Å². The van der Waals surface area contributed by atoms with Crippen LogP contribution in [0.4, 0.5) is 0 Å². The first-order valence-corrected chi connectivity index (χ1v) is 6.79. The van der Waals surface area contributed by atoms with Crippen molar-refractivity contribution in [1.29, 1.82) is 0 Å². The molecule has 0 bridgehead atoms. The summed E-state index contributed by atoms with van der Waals surface area (Å²) < 4.78 is 0. The summed E-state index contributed by atoms with van der Waals surface area (Å²) in [4.78, 5) is 0. The molecule has 6 N–H and O–H groups in total. The summed E-state index contributed by atoms with van der Waals surface area (Å²) in [5.41, 5.74) is 0. The van der Waals surface area contributed by atoms with E-state index in [-0.39, 0.29) is 32.1 Å². The standard InChI is InChI=1S/C13H28O6/c1-8(14)3-10(16)5-12(18)7-13(19)6-11(17)4-9(2)15/h8-19H,3-7H2,1-2H3. The molecular formula is C13H28O6. The van der Waals surface area contributed by atoms with Gasteiger partial charge in [0.05, 0.1) is 36.6 Å². The molecular weight excluding hydrogens is 252 g/mol. The third-order valence-electron chi connectivity index (χ3n) is 2.86. The van der Waals surface area contributed by atoms with Gasteiger partial charge in [-0.2, -0.15) is 0 Å². The van der Waals surface area contributed by atoms with E-state index in [0.717, 1.165) is 0 Å². The lowest BCUT2D eigenvalue weighted by Crippen LogP contribution is -2.28. The highest BCUT2D eigenvalue weighted by Crippen LogP contribution is 2.14. The summed E-state index contributed by atoms with van der Waals surface area (Å²) in [6.07, 6.45) is -4.12. The van der Waals surface area contributed by atoms with Crippen molar-refractivity contribution in [2.45, 2.75) is 82.6 Å². The highest BCUT2D eigenvalue weighted by molar-refractivity contribution is 4.72. The second kappa shape index (κ2) is 9.63. The molecule has 0 aliphatic heterocycles. The average Bonchev–Trinajstić information content (AvgIpc) is 2.12. The van der Waals surface area contributed by atoms with Crippen molar-refractivity contribution >= 4 is 0 Å². The molecule has 0 aliphatic carbocycles. The normalized spacial score (nSPS) is 21.5. The molecule has 0 spiro atoms. The van der Waals surface area contributed by atoms with Crippen molar-refractivity contribution in [2.75, 3.05) is 0 Å². The fourth-order valence-electron chi connectivity index (χ4n) is 2.11. The summed E-state index contributed by atoms with van der Waals surface area (Å²) in [7, 11) is 0. The monoisotopic (exact) mass is 280 g/mol. The maximum atomic E-state index is 9.67. The molecule has 0 rings (SSSR count). The van der Waals surface area contributed by atoms with Crippen LogP contribution in [-0.4, -0.2) is 67.3 Å². The summed E-state index contributed by atoms with van der Waals surface area (Å²) in [5, 5.41) is 56.5. The number of hydrogen-bond acceptors (Lipinski definition) is 6. The molecule has 6 nitrogen and oxygen atoms in total. The maximum Gasteiger partial charge on any atom is 0.0589 e. The van der Waals surface area contributed by atoms with Crippen LogP contribution in [0.25, 0.3) is 0 Å². The molecule has 19 heavy (non-hydrogen) atoms. The molecule has 0 heterocycles. The smallest absolute Gasteiger partial charge is 0.0589 e. The second-order valence-corrected chi connectivity index (χ2v) is 5.49. The largest absolute Gasteiger partial charge is 0.393 e. The van der Waals surface area contributed by atoms with Crippen LogP contribution in [0.3, 0.4) is 0 Å². The molecule has 0 amide bonds. The van der Waals surface area contributed by atoms with E-state index in [4.69, 9.17) is 10.2 Å². The molecule has 116 valence electrons. The van der Waals surface area contributed by atoms with Crippen LogP contribution in [0.15, 0.2) is 0 Å². The van der Waals surface area contributed by atoms with Gasteiger partial charge in [-0.15, -0.1) is 0 Å². The molecule has 6 atom stereocenters. The van der Waals surface area contributed by atoms with Crippen LogP contribution < -0.4 is 0 Å². The van der Waals surface area contributed by atoms with Gasteiger partial charge in [0.1, 0.15) is 0 Å². The predicted molar refractivity (Wildman–Crippen MR) is 70.5 cm³/mol. The van der Waals surface area contributed by atoms with Gasteiger partial charge in [-0.25, -0.2) is 0 Å². The zero-order valence-electron chi connectivity index (χ0n) is 11.7. The van der Waals surface area contributed by atoms with Crippen LogP contribution in [-0.2, 0) is 0 Å². The lowest BCUT2D eigenvalue weighted by atomic mass is 9.98. The van der Waals surface area contributed by atoms with Gasteiger partial charge in [0.2, 0.25) is 0 Å². The van der Waals surface area contributed by atoms with Crippen molar-refractivity contribution in [3.8, 4) is 0 Å². The number of aliphatic hydroxyl groups is 6. The minimum atomic E-state index is -0.887. The highest BCUT2D eigenvalue weighted by Gasteiger charge is 2.20. The molecule has 0 radical (unpaired) electrons. The van der Waals surface area contributed by atoms with Crippen LogP contribution >= 0.6 is 0 Å². The fourth-order valence-corrected chi connectivity index (χ4v) is 2.11. The highest BCUT2D eigenvalue weighted by atomic mass is 16.3. The fraction of sp³-hybridized carbons (Fsp3) is 1.00. The van der Waals surface area contributed by atoms with Crippen LogP contribution in [0.1, 0.15) is 46.0 Å². The first-order valence-electron chi connectivity index (χ1n) is 6.79. The van der Waals surface area contributed by atoms with E-state index in [1.807, 2.05) is 0 Å². The predicted octanol–water partition coefficient (Wildman–Crippen LogP) is -0.858. The van der Waals surface area contributed by atoms with E-state index < -0.39 is 36.6 Å². The van der Waals surface area contributed by atoms with Crippen molar-refractivity contribution < 1.29 is 30.6 Å². The average molecular weight is 280 g/mol.